The second-order valence-electron chi connectivity index (χ2n) is 4.99. The molecule has 106 valence electrons. The normalized spacial score (nSPS) is 13.9. The van der Waals surface area contributed by atoms with Crippen LogP contribution in [-0.4, -0.2) is 17.6 Å². The third kappa shape index (κ3) is 2.76. The highest BCUT2D eigenvalue weighted by Crippen LogP contribution is 2.32. The summed E-state index contributed by atoms with van der Waals surface area (Å²) in [5.41, 5.74) is 6.67. The summed E-state index contributed by atoms with van der Waals surface area (Å²) in [6.45, 7) is 2.05. The molecule has 2 aromatic rings. The Hall–Kier alpha value is -1.65. The first-order valence-corrected chi connectivity index (χ1v) is 7.50. The van der Waals surface area contributed by atoms with Crippen molar-refractivity contribution in [3.05, 3.63) is 57.8 Å². The fourth-order valence-electron chi connectivity index (χ4n) is 2.56. The summed E-state index contributed by atoms with van der Waals surface area (Å²) in [7, 11) is 0. The molecule has 0 saturated heterocycles. The third-order valence-electron chi connectivity index (χ3n) is 3.80. The van der Waals surface area contributed by atoms with Crippen LogP contribution >= 0.6 is 11.3 Å². The fraction of sp³-hybridized carbons (Fsp3) is 0.312. The van der Waals surface area contributed by atoms with Gasteiger partial charge in [0.05, 0.1) is 0 Å². The molecule has 3 nitrogen and oxygen atoms in total. The number of benzene rings is 1. The van der Waals surface area contributed by atoms with Crippen molar-refractivity contribution >= 4 is 17.3 Å². The van der Waals surface area contributed by atoms with Crippen LogP contribution in [0.1, 0.15) is 22.4 Å². The molecule has 0 fully saturated rings. The van der Waals surface area contributed by atoms with E-state index < -0.39 is 11.4 Å². The quantitative estimate of drug-likeness (QED) is 0.859. The van der Waals surface area contributed by atoms with Gasteiger partial charge in [-0.05, 0) is 42.3 Å². The number of rotatable bonds is 6. The Morgan fingerprint density at radius 1 is 1.30 bits per heavy atom. The Labute approximate surface area is 123 Å². The Morgan fingerprint density at radius 2 is 2.05 bits per heavy atom. The number of hydrogen-bond acceptors (Lipinski definition) is 3. The maximum absolute atomic E-state index is 11.9. The molecule has 1 atom stereocenters. The molecule has 0 spiro atoms. The number of thiophene rings is 1. The van der Waals surface area contributed by atoms with E-state index in [0.717, 1.165) is 17.5 Å². The number of nitrogens with two attached hydrogens (primary N) is 1. The predicted molar refractivity (Wildman–Crippen MR) is 82.2 cm³/mol. The SMILES string of the molecule is Cc1ccccc1C(CN)(CCc1cccs1)C(=O)O. The molecule has 1 aromatic carbocycles. The van der Waals surface area contributed by atoms with E-state index in [1.807, 2.05) is 48.7 Å². The maximum atomic E-state index is 11.9. The molecule has 0 amide bonds. The Kier molecular flexibility index (Phi) is 4.57. The molecule has 1 aromatic heterocycles. The molecule has 4 heteroatoms. The fourth-order valence-corrected chi connectivity index (χ4v) is 3.27. The van der Waals surface area contributed by atoms with Gasteiger partial charge in [0.15, 0.2) is 0 Å². The van der Waals surface area contributed by atoms with Crippen molar-refractivity contribution in [1.29, 1.82) is 0 Å². The summed E-state index contributed by atoms with van der Waals surface area (Å²) in [6.07, 6.45) is 1.25. The van der Waals surface area contributed by atoms with Crippen LogP contribution in [0.2, 0.25) is 0 Å². The van der Waals surface area contributed by atoms with Gasteiger partial charge in [0, 0.05) is 11.4 Å². The molecule has 0 radical (unpaired) electrons. The average molecular weight is 289 g/mol. The average Bonchev–Trinajstić information content (AvgIpc) is 2.94. The van der Waals surface area contributed by atoms with E-state index in [1.54, 1.807) is 11.3 Å². The molecule has 0 aliphatic carbocycles. The highest BCUT2D eigenvalue weighted by molar-refractivity contribution is 7.09. The predicted octanol–water partition coefficient (Wildman–Crippen LogP) is 2.97. The van der Waals surface area contributed by atoms with Crippen molar-refractivity contribution in [2.24, 2.45) is 5.73 Å². The second-order valence-corrected chi connectivity index (χ2v) is 6.02. The Morgan fingerprint density at radius 3 is 2.60 bits per heavy atom. The minimum absolute atomic E-state index is 0.110. The number of aliphatic carboxylic acids is 1. The van der Waals surface area contributed by atoms with Crippen molar-refractivity contribution in [2.45, 2.75) is 25.2 Å². The van der Waals surface area contributed by atoms with Crippen molar-refractivity contribution < 1.29 is 9.90 Å². The van der Waals surface area contributed by atoms with E-state index in [0.29, 0.717) is 6.42 Å². The summed E-state index contributed by atoms with van der Waals surface area (Å²) in [5.74, 6) is -0.842. The molecule has 0 saturated carbocycles. The van der Waals surface area contributed by atoms with Gasteiger partial charge in [0.1, 0.15) is 5.41 Å². The number of carboxylic acid groups (broad SMARTS) is 1. The molecule has 20 heavy (non-hydrogen) atoms. The lowest BCUT2D eigenvalue weighted by Gasteiger charge is -2.30. The summed E-state index contributed by atoms with van der Waals surface area (Å²) in [4.78, 5) is 13.1. The molecule has 0 aliphatic heterocycles. The Bertz CT molecular complexity index is 580. The van der Waals surface area contributed by atoms with Crippen LogP contribution in [0.25, 0.3) is 0 Å². The molecular formula is C16H19NO2S. The smallest absolute Gasteiger partial charge is 0.315 e. The van der Waals surface area contributed by atoms with Gasteiger partial charge < -0.3 is 10.8 Å². The van der Waals surface area contributed by atoms with Gasteiger partial charge in [-0.2, -0.15) is 0 Å². The van der Waals surface area contributed by atoms with Gasteiger partial charge in [-0.3, -0.25) is 4.79 Å². The van der Waals surface area contributed by atoms with Gasteiger partial charge in [-0.15, -0.1) is 11.3 Å². The molecule has 1 heterocycles. The van der Waals surface area contributed by atoms with Crippen LogP contribution in [-0.2, 0) is 16.6 Å². The standard InChI is InChI=1S/C16H19NO2S/c1-12-5-2-3-7-14(12)16(11-17,15(18)19)9-8-13-6-4-10-20-13/h2-7,10H,8-9,11,17H2,1H3,(H,18,19). The lowest BCUT2D eigenvalue weighted by molar-refractivity contribution is -0.143. The molecule has 0 aliphatic rings. The summed E-state index contributed by atoms with van der Waals surface area (Å²) >= 11 is 1.65. The number of carboxylic acids is 1. The Balaban J connectivity index is 2.35. The molecule has 0 bridgehead atoms. The summed E-state index contributed by atoms with van der Waals surface area (Å²) in [6, 6.07) is 11.6. The summed E-state index contributed by atoms with van der Waals surface area (Å²) in [5, 5.41) is 11.8. The monoisotopic (exact) mass is 289 g/mol. The van der Waals surface area contributed by atoms with Crippen LogP contribution < -0.4 is 5.73 Å². The number of carbonyl (C=O) groups is 1. The van der Waals surface area contributed by atoms with E-state index in [1.165, 1.54) is 4.88 Å². The van der Waals surface area contributed by atoms with Crippen LogP contribution in [0.4, 0.5) is 0 Å². The van der Waals surface area contributed by atoms with E-state index in [9.17, 15) is 9.90 Å². The van der Waals surface area contributed by atoms with E-state index in [-0.39, 0.29) is 6.54 Å². The second kappa shape index (κ2) is 6.20. The maximum Gasteiger partial charge on any atom is 0.315 e. The van der Waals surface area contributed by atoms with Gasteiger partial charge in [-0.1, -0.05) is 30.3 Å². The van der Waals surface area contributed by atoms with E-state index in [4.69, 9.17) is 5.73 Å². The van der Waals surface area contributed by atoms with Crippen molar-refractivity contribution in [2.75, 3.05) is 6.54 Å². The van der Waals surface area contributed by atoms with Crippen LogP contribution in [0.5, 0.6) is 0 Å². The number of aryl methyl sites for hydroxylation is 2. The lowest BCUT2D eigenvalue weighted by Crippen LogP contribution is -2.44. The zero-order valence-electron chi connectivity index (χ0n) is 11.5. The van der Waals surface area contributed by atoms with Crippen molar-refractivity contribution in [3.8, 4) is 0 Å². The molecular weight excluding hydrogens is 270 g/mol. The highest BCUT2D eigenvalue weighted by atomic mass is 32.1. The van der Waals surface area contributed by atoms with Gasteiger partial charge in [-0.25, -0.2) is 0 Å². The first kappa shape index (κ1) is 14.8. The topological polar surface area (TPSA) is 63.3 Å². The zero-order chi connectivity index (χ0) is 14.6. The first-order chi connectivity index (χ1) is 9.60. The minimum atomic E-state index is -1.00. The minimum Gasteiger partial charge on any atom is -0.481 e. The first-order valence-electron chi connectivity index (χ1n) is 6.62. The lowest BCUT2D eigenvalue weighted by atomic mass is 9.74. The number of hydrogen-bond donors (Lipinski definition) is 2. The van der Waals surface area contributed by atoms with Gasteiger partial charge in [0.25, 0.3) is 0 Å². The molecule has 1 unspecified atom stereocenters. The van der Waals surface area contributed by atoms with E-state index >= 15 is 0 Å². The molecule has 3 N–H and O–H groups in total. The largest absolute Gasteiger partial charge is 0.481 e. The van der Waals surface area contributed by atoms with E-state index in [2.05, 4.69) is 0 Å². The highest BCUT2D eigenvalue weighted by Gasteiger charge is 2.39. The molecule has 2 rings (SSSR count). The van der Waals surface area contributed by atoms with Gasteiger partial charge >= 0.3 is 5.97 Å². The summed E-state index contributed by atoms with van der Waals surface area (Å²) < 4.78 is 0. The zero-order valence-corrected chi connectivity index (χ0v) is 12.3. The van der Waals surface area contributed by atoms with Crippen molar-refractivity contribution in [1.82, 2.24) is 0 Å². The van der Waals surface area contributed by atoms with Crippen LogP contribution in [0.3, 0.4) is 0 Å². The van der Waals surface area contributed by atoms with Gasteiger partial charge in [0.2, 0.25) is 0 Å². The van der Waals surface area contributed by atoms with Crippen molar-refractivity contribution in [3.63, 3.8) is 0 Å². The van der Waals surface area contributed by atoms with Crippen LogP contribution in [0, 0.1) is 6.92 Å². The van der Waals surface area contributed by atoms with Crippen LogP contribution in [0.15, 0.2) is 41.8 Å². The third-order valence-corrected chi connectivity index (χ3v) is 4.73.